The van der Waals surface area contributed by atoms with Gasteiger partial charge in [-0.15, -0.1) is 0 Å². The van der Waals surface area contributed by atoms with Gasteiger partial charge in [0.05, 0.1) is 0 Å². The molecule has 0 aromatic rings. The maximum atomic E-state index is 11.9. The van der Waals surface area contributed by atoms with Gasteiger partial charge < -0.3 is 21.5 Å². The third kappa shape index (κ3) is 17.2. The number of amides is 2. The number of carbonyl (C=O) groups excluding carboxylic acids is 2. The second kappa shape index (κ2) is 18.2. The maximum Gasteiger partial charge on any atom is 0.303 e. The molecule has 0 aliphatic rings. The topological polar surface area (TPSA) is 122 Å². The first-order chi connectivity index (χ1) is 12.6. The quantitative estimate of drug-likeness (QED) is 0.205. The lowest BCUT2D eigenvalue weighted by Gasteiger charge is -2.15. The van der Waals surface area contributed by atoms with Gasteiger partial charge in [0.1, 0.15) is 0 Å². The van der Waals surface area contributed by atoms with E-state index in [4.69, 9.17) is 10.8 Å². The van der Waals surface area contributed by atoms with Gasteiger partial charge in [-0.2, -0.15) is 0 Å². The molecule has 7 heteroatoms. The zero-order valence-electron chi connectivity index (χ0n) is 16.0. The van der Waals surface area contributed by atoms with Crippen molar-refractivity contribution in [2.45, 2.75) is 89.5 Å². The molecule has 0 fully saturated rings. The molecule has 0 aromatic heterocycles. The Balaban J connectivity index is 3.51. The number of hydrogen-bond donors (Lipinski definition) is 4. The Morgan fingerprint density at radius 3 is 2.12 bits per heavy atom. The molecule has 1 unspecified atom stereocenters. The Bertz CT molecular complexity index is 378. The van der Waals surface area contributed by atoms with E-state index in [2.05, 4.69) is 10.6 Å². The molecule has 1 atom stereocenters. The first kappa shape index (κ1) is 24.4. The van der Waals surface area contributed by atoms with Crippen LogP contribution in [0, 0.1) is 0 Å². The number of carboxylic acid groups (broad SMARTS) is 1. The summed E-state index contributed by atoms with van der Waals surface area (Å²) in [7, 11) is 0. The Morgan fingerprint density at radius 2 is 1.54 bits per heavy atom. The summed E-state index contributed by atoms with van der Waals surface area (Å²) >= 11 is 0. The van der Waals surface area contributed by atoms with E-state index in [1.54, 1.807) is 0 Å². The van der Waals surface area contributed by atoms with Gasteiger partial charge in [-0.05, 0) is 32.2 Å². The minimum Gasteiger partial charge on any atom is -0.481 e. The van der Waals surface area contributed by atoms with E-state index in [0.29, 0.717) is 25.9 Å². The summed E-state index contributed by atoms with van der Waals surface area (Å²) in [5.41, 5.74) is 5.46. The van der Waals surface area contributed by atoms with Crippen molar-refractivity contribution in [1.82, 2.24) is 10.6 Å². The minimum atomic E-state index is -0.712. The van der Waals surface area contributed by atoms with E-state index in [9.17, 15) is 14.4 Å². The van der Waals surface area contributed by atoms with Crippen molar-refractivity contribution in [2.24, 2.45) is 5.73 Å². The molecule has 0 heterocycles. The zero-order valence-corrected chi connectivity index (χ0v) is 16.0. The molecule has 7 nitrogen and oxygen atoms in total. The van der Waals surface area contributed by atoms with Gasteiger partial charge in [0.25, 0.3) is 0 Å². The fraction of sp³-hybridized carbons (Fsp3) is 0.842. The number of unbranched alkanes of at least 4 members (excludes halogenated alkanes) is 8. The van der Waals surface area contributed by atoms with Crippen LogP contribution < -0.4 is 16.4 Å². The van der Waals surface area contributed by atoms with Crippen LogP contribution in [0.15, 0.2) is 0 Å². The number of aliphatic carboxylic acids is 1. The molecule has 152 valence electrons. The number of carbonyl (C=O) groups is 3. The highest BCUT2D eigenvalue weighted by Gasteiger charge is 2.12. The summed E-state index contributed by atoms with van der Waals surface area (Å²) in [5, 5.41) is 14.2. The molecule has 0 saturated heterocycles. The highest BCUT2D eigenvalue weighted by atomic mass is 16.4. The largest absolute Gasteiger partial charge is 0.481 e. The number of nitrogens with two attached hydrogens (primary N) is 1. The minimum absolute atomic E-state index is 0.0180. The van der Waals surface area contributed by atoms with Gasteiger partial charge >= 0.3 is 5.97 Å². The van der Waals surface area contributed by atoms with E-state index in [-0.39, 0.29) is 18.4 Å². The highest BCUT2D eigenvalue weighted by molar-refractivity contribution is 5.76. The van der Waals surface area contributed by atoms with E-state index >= 15 is 0 Å². The van der Waals surface area contributed by atoms with Crippen LogP contribution in [-0.2, 0) is 14.4 Å². The SMILES string of the molecule is NCCCCC(CC(=O)NCCCCCCCCCCC(=O)O)NC=O. The number of carboxylic acids is 1. The average molecular weight is 372 g/mol. The number of nitrogens with one attached hydrogen (secondary N) is 2. The van der Waals surface area contributed by atoms with E-state index in [1.807, 2.05) is 0 Å². The fourth-order valence-corrected chi connectivity index (χ4v) is 2.86. The van der Waals surface area contributed by atoms with Crippen molar-refractivity contribution in [3.63, 3.8) is 0 Å². The second-order valence-electron chi connectivity index (χ2n) is 6.79. The van der Waals surface area contributed by atoms with Crippen molar-refractivity contribution in [3.05, 3.63) is 0 Å². The summed E-state index contributed by atoms with van der Waals surface area (Å²) in [6.45, 7) is 1.30. The van der Waals surface area contributed by atoms with Gasteiger partial charge in [-0.3, -0.25) is 14.4 Å². The van der Waals surface area contributed by atoms with Crippen molar-refractivity contribution < 1.29 is 19.5 Å². The molecule has 0 radical (unpaired) electrons. The standard InChI is InChI=1S/C19H37N3O4/c20-13-9-8-11-17(22-16-23)15-18(24)21-14-10-6-4-2-1-3-5-7-12-19(25)26/h16-17H,1-15,20H2,(H,21,24)(H,22,23)(H,25,26). The molecule has 0 spiro atoms. The van der Waals surface area contributed by atoms with Crippen LogP contribution in [0.3, 0.4) is 0 Å². The van der Waals surface area contributed by atoms with Gasteiger partial charge in [-0.25, -0.2) is 0 Å². The molecule has 0 saturated carbocycles. The predicted octanol–water partition coefficient (Wildman–Crippen LogP) is 2.33. The van der Waals surface area contributed by atoms with Crippen molar-refractivity contribution >= 4 is 18.3 Å². The molecular weight excluding hydrogens is 334 g/mol. The molecule has 0 aromatic carbocycles. The van der Waals surface area contributed by atoms with E-state index in [0.717, 1.165) is 70.6 Å². The van der Waals surface area contributed by atoms with Crippen LogP contribution in [-0.4, -0.2) is 42.5 Å². The summed E-state index contributed by atoms with van der Waals surface area (Å²) in [5.74, 6) is -0.730. The van der Waals surface area contributed by atoms with Crippen LogP contribution >= 0.6 is 0 Å². The predicted molar refractivity (Wildman–Crippen MR) is 103 cm³/mol. The maximum absolute atomic E-state index is 11.9. The summed E-state index contributed by atoms with van der Waals surface area (Å²) in [4.78, 5) is 32.9. The molecule has 2 amide bonds. The Labute approximate surface area is 157 Å². The van der Waals surface area contributed by atoms with Gasteiger partial charge in [-0.1, -0.05) is 44.9 Å². The van der Waals surface area contributed by atoms with Gasteiger partial charge in [0.15, 0.2) is 0 Å². The Kier molecular flexibility index (Phi) is 17.0. The summed E-state index contributed by atoms with van der Waals surface area (Å²) in [6.07, 6.45) is 12.2. The zero-order chi connectivity index (χ0) is 19.5. The van der Waals surface area contributed by atoms with E-state index < -0.39 is 5.97 Å². The van der Waals surface area contributed by atoms with Crippen LogP contribution in [0.4, 0.5) is 0 Å². The van der Waals surface area contributed by atoms with Crippen molar-refractivity contribution in [1.29, 1.82) is 0 Å². The van der Waals surface area contributed by atoms with Crippen LogP contribution in [0.2, 0.25) is 0 Å². The first-order valence-electron chi connectivity index (χ1n) is 9.98. The fourth-order valence-electron chi connectivity index (χ4n) is 2.86. The average Bonchev–Trinajstić information content (AvgIpc) is 2.59. The Morgan fingerprint density at radius 1 is 0.923 bits per heavy atom. The smallest absolute Gasteiger partial charge is 0.303 e. The molecule has 0 aliphatic heterocycles. The van der Waals surface area contributed by atoms with E-state index in [1.165, 1.54) is 0 Å². The lowest BCUT2D eigenvalue weighted by molar-refractivity contribution is -0.137. The molecular formula is C19H37N3O4. The van der Waals surface area contributed by atoms with Crippen molar-refractivity contribution in [3.8, 4) is 0 Å². The summed E-state index contributed by atoms with van der Waals surface area (Å²) in [6, 6.07) is -0.111. The lowest BCUT2D eigenvalue weighted by atomic mass is 10.1. The molecule has 0 rings (SSSR count). The van der Waals surface area contributed by atoms with Crippen molar-refractivity contribution in [2.75, 3.05) is 13.1 Å². The van der Waals surface area contributed by atoms with Crippen LogP contribution in [0.1, 0.15) is 83.5 Å². The number of rotatable bonds is 19. The Hall–Kier alpha value is -1.63. The van der Waals surface area contributed by atoms with Gasteiger partial charge in [0.2, 0.25) is 12.3 Å². The molecule has 26 heavy (non-hydrogen) atoms. The molecule has 5 N–H and O–H groups in total. The monoisotopic (exact) mass is 371 g/mol. The normalized spacial score (nSPS) is 11.7. The number of hydrogen-bond acceptors (Lipinski definition) is 4. The third-order valence-corrected chi connectivity index (χ3v) is 4.38. The first-order valence-corrected chi connectivity index (χ1v) is 9.98. The third-order valence-electron chi connectivity index (χ3n) is 4.38. The van der Waals surface area contributed by atoms with Crippen LogP contribution in [0.25, 0.3) is 0 Å². The second-order valence-corrected chi connectivity index (χ2v) is 6.79. The molecule has 0 aliphatic carbocycles. The lowest BCUT2D eigenvalue weighted by Crippen LogP contribution is -2.35. The highest BCUT2D eigenvalue weighted by Crippen LogP contribution is 2.09. The summed E-state index contributed by atoms with van der Waals surface area (Å²) < 4.78 is 0. The van der Waals surface area contributed by atoms with Gasteiger partial charge in [0, 0.05) is 25.4 Å². The van der Waals surface area contributed by atoms with Crippen LogP contribution in [0.5, 0.6) is 0 Å². The molecule has 0 bridgehead atoms.